The van der Waals surface area contributed by atoms with E-state index in [1.54, 1.807) is 42.7 Å². The molecule has 0 aliphatic carbocycles. The van der Waals surface area contributed by atoms with Crippen molar-refractivity contribution >= 4 is 6.29 Å². The monoisotopic (exact) mass is 383 g/mol. The molecular formula is C22H22FNO4. The molecule has 0 bridgehead atoms. The molecule has 1 N–H and O–H groups in total. The third-order valence-corrected chi connectivity index (χ3v) is 4.18. The van der Waals surface area contributed by atoms with E-state index in [0.717, 1.165) is 17.6 Å². The van der Waals surface area contributed by atoms with Gasteiger partial charge in [0.05, 0.1) is 12.8 Å². The van der Waals surface area contributed by atoms with Crippen LogP contribution in [0.4, 0.5) is 4.39 Å². The van der Waals surface area contributed by atoms with E-state index < -0.39 is 6.10 Å². The lowest BCUT2D eigenvalue weighted by molar-refractivity contribution is 0.0604. The first-order chi connectivity index (χ1) is 13.6. The lowest BCUT2D eigenvalue weighted by atomic mass is 10.2. The highest BCUT2D eigenvalue weighted by Gasteiger charge is 2.15. The lowest BCUT2D eigenvalue weighted by Crippen LogP contribution is -2.35. The number of furan rings is 1. The second kappa shape index (κ2) is 9.82. The molecule has 0 amide bonds. The van der Waals surface area contributed by atoms with Gasteiger partial charge in [0.1, 0.15) is 36.3 Å². The number of ether oxygens (including phenoxy) is 1. The van der Waals surface area contributed by atoms with Crippen molar-refractivity contribution in [2.45, 2.75) is 19.2 Å². The predicted molar refractivity (Wildman–Crippen MR) is 103 cm³/mol. The van der Waals surface area contributed by atoms with E-state index in [1.165, 1.54) is 12.1 Å². The second-order valence-electron chi connectivity index (χ2n) is 6.53. The van der Waals surface area contributed by atoms with Crippen molar-refractivity contribution in [1.82, 2.24) is 4.90 Å². The van der Waals surface area contributed by atoms with Crippen molar-refractivity contribution in [1.29, 1.82) is 0 Å². The molecule has 28 heavy (non-hydrogen) atoms. The van der Waals surface area contributed by atoms with E-state index >= 15 is 0 Å². The summed E-state index contributed by atoms with van der Waals surface area (Å²) in [6.07, 6.45) is 1.59. The first-order valence-corrected chi connectivity index (χ1v) is 8.97. The fraction of sp³-hybridized carbons (Fsp3) is 0.227. The quantitative estimate of drug-likeness (QED) is 0.541. The molecule has 6 heteroatoms. The van der Waals surface area contributed by atoms with E-state index in [4.69, 9.17) is 9.15 Å². The van der Waals surface area contributed by atoms with Crippen LogP contribution in [-0.2, 0) is 13.1 Å². The molecule has 3 aromatic rings. The summed E-state index contributed by atoms with van der Waals surface area (Å²) in [6, 6.07) is 16.7. The van der Waals surface area contributed by atoms with Gasteiger partial charge < -0.3 is 14.3 Å². The van der Waals surface area contributed by atoms with Gasteiger partial charge in [-0.2, -0.15) is 0 Å². The SMILES string of the molecule is O=Cc1cccc(OCC(O)CN(Cc2ccc(F)cc2)Cc2ccco2)c1. The van der Waals surface area contributed by atoms with Crippen LogP contribution >= 0.6 is 0 Å². The van der Waals surface area contributed by atoms with Crippen LogP contribution in [0.5, 0.6) is 5.75 Å². The number of aliphatic hydroxyl groups is 1. The smallest absolute Gasteiger partial charge is 0.150 e. The Morgan fingerprint density at radius 3 is 2.64 bits per heavy atom. The number of benzene rings is 2. The van der Waals surface area contributed by atoms with Crippen LogP contribution in [0.15, 0.2) is 71.3 Å². The molecule has 0 aliphatic rings. The molecule has 1 unspecified atom stereocenters. The maximum Gasteiger partial charge on any atom is 0.150 e. The number of carbonyl (C=O) groups is 1. The standard InChI is InChI=1S/C22H22FNO4/c23-19-8-6-17(7-9-19)12-24(14-22-5-2-10-27-22)13-20(26)16-28-21-4-1-3-18(11-21)15-25/h1-11,15,20,26H,12-14,16H2. The molecule has 1 aromatic heterocycles. The summed E-state index contributed by atoms with van der Waals surface area (Å²) in [4.78, 5) is 12.8. The van der Waals surface area contributed by atoms with E-state index in [1.807, 2.05) is 17.0 Å². The van der Waals surface area contributed by atoms with Crippen molar-refractivity contribution in [2.24, 2.45) is 0 Å². The molecule has 0 fully saturated rings. The number of aldehydes is 1. The summed E-state index contributed by atoms with van der Waals surface area (Å²) in [7, 11) is 0. The van der Waals surface area contributed by atoms with Crippen LogP contribution < -0.4 is 4.74 Å². The summed E-state index contributed by atoms with van der Waals surface area (Å²) in [5, 5.41) is 10.4. The van der Waals surface area contributed by atoms with Gasteiger partial charge >= 0.3 is 0 Å². The topological polar surface area (TPSA) is 62.9 Å². The Balaban J connectivity index is 1.60. The largest absolute Gasteiger partial charge is 0.491 e. The van der Waals surface area contributed by atoms with Crippen LogP contribution in [-0.4, -0.2) is 35.5 Å². The average Bonchev–Trinajstić information content (AvgIpc) is 3.21. The molecule has 0 radical (unpaired) electrons. The zero-order chi connectivity index (χ0) is 19.8. The molecule has 2 aromatic carbocycles. The third-order valence-electron chi connectivity index (χ3n) is 4.18. The van der Waals surface area contributed by atoms with Gasteiger partial charge in [0.2, 0.25) is 0 Å². The van der Waals surface area contributed by atoms with Gasteiger partial charge in [-0.3, -0.25) is 9.69 Å². The van der Waals surface area contributed by atoms with Gasteiger partial charge in [-0.1, -0.05) is 24.3 Å². The summed E-state index contributed by atoms with van der Waals surface area (Å²) in [6.45, 7) is 1.45. The molecule has 5 nitrogen and oxygen atoms in total. The number of hydrogen-bond acceptors (Lipinski definition) is 5. The van der Waals surface area contributed by atoms with Gasteiger partial charge in [0, 0.05) is 18.7 Å². The molecule has 0 saturated heterocycles. The Morgan fingerprint density at radius 2 is 1.93 bits per heavy atom. The Bertz CT molecular complexity index is 865. The maximum absolute atomic E-state index is 13.1. The van der Waals surface area contributed by atoms with Crippen molar-refractivity contribution in [2.75, 3.05) is 13.2 Å². The van der Waals surface area contributed by atoms with Gasteiger partial charge in [-0.25, -0.2) is 4.39 Å². The first kappa shape index (κ1) is 19.8. The Kier molecular flexibility index (Phi) is 6.94. The Morgan fingerprint density at radius 1 is 1.11 bits per heavy atom. The summed E-state index contributed by atoms with van der Waals surface area (Å²) >= 11 is 0. The number of nitrogens with zero attached hydrogens (tertiary/aromatic N) is 1. The van der Waals surface area contributed by atoms with Crippen LogP contribution in [0.1, 0.15) is 21.7 Å². The second-order valence-corrected chi connectivity index (χ2v) is 6.53. The average molecular weight is 383 g/mol. The number of aliphatic hydroxyl groups excluding tert-OH is 1. The molecule has 0 saturated carbocycles. The number of hydrogen-bond donors (Lipinski definition) is 1. The number of carbonyl (C=O) groups excluding carboxylic acids is 1. The molecule has 0 spiro atoms. The maximum atomic E-state index is 13.1. The first-order valence-electron chi connectivity index (χ1n) is 8.97. The van der Waals surface area contributed by atoms with Crippen LogP contribution in [0.25, 0.3) is 0 Å². The van der Waals surface area contributed by atoms with Crippen LogP contribution in [0.3, 0.4) is 0 Å². The van der Waals surface area contributed by atoms with Gasteiger partial charge in [0.15, 0.2) is 0 Å². The molecule has 1 heterocycles. The minimum atomic E-state index is -0.754. The molecule has 1 atom stereocenters. The van der Waals surface area contributed by atoms with E-state index in [-0.39, 0.29) is 12.4 Å². The third kappa shape index (κ3) is 6.04. The van der Waals surface area contributed by atoms with Crippen molar-refractivity contribution in [3.63, 3.8) is 0 Å². The van der Waals surface area contributed by atoms with Crippen molar-refractivity contribution in [3.05, 3.63) is 89.6 Å². The van der Waals surface area contributed by atoms with E-state index in [9.17, 15) is 14.3 Å². The highest BCUT2D eigenvalue weighted by molar-refractivity contribution is 5.75. The Hall–Kier alpha value is -2.96. The van der Waals surface area contributed by atoms with Crippen molar-refractivity contribution in [3.8, 4) is 5.75 Å². The zero-order valence-corrected chi connectivity index (χ0v) is 15.3. The molecule has 146 valence electrons. The van der Waals surface area contributed by atoms with E-state index in [0.29, 0.717) is 30.9 Å². The fourth-order valence-electron chi connectivity index (χ4n) is 2.88. The van der Waals surface area contributed by atoms with Gasteiger partial charge in [0.25, 0.3) is 0 Å². The van der Waals surface area contributed by atoms with Crippen LogP contribution in [0, 0.1) is 5.82 Å². The van der Waals surface area contributed by atoms with Crippen molar-refractivity contribution < 1.29 is 23.4 Å². The molecule has 3 rings (SSSR count). The lowest BCUT2D eigenvalue weighted by Gasteiger charge is -2.24. The minimum absolute atomic E-state index is 0.0837. The minimum Gasteiger partial charge on any atom is -0.491 e. The number of halogens is 1. The highest BCUT2D eigenvalue weighted by atomic mass is 19.1. The summed E-state index contributed by atoms with van der Waals surface area (Å²) in [5.74, 6) is 1.01. The fourth-order valence-corrected chi connectivity index (χ4v) is 2.88. The van der Waals surface area contributed by atoms with Gasteiger partial charge in [-0.15, -0.1) is 0 Å². The summed E-state index contributed by atoms with van der Waals surface area (Å²) in [5.41, 5.74) is 1.45. The van der Waals surface area contributed by atoms with Crippen LogP contribution in [0.2, 0.25) is 0 Å². The Labute approximate surface area is 163 Å². The van der Waals surface area contributed by atoms with E-state index in [2.05, 4.69) is 0 Å². The number of rotatable bonds is 10. The zero-order valence-electron chi connectivity index (χ0n) is 15.3. The summed E-state index contributed by atoms with van der Waals surface area (Å²) < 4.78 is 24.2. The normalized spacial score (nSPS) is 12.1. The highest BCUT2D eigenvalue weighted by Crippen LogP contribution is 2.14. The van der Waals surface area contributed by atoms with Gasteiger partial charge in [-0.05, 0) is 42.0 Å². The molecule has 0 aliphatic heterocycles. The predicted octanol–water partition coefficient (Wildman–Crippen LogP) is 3.67. The molecular weight excluding hydrogens is 361 g/mol.